The highest BCUT2D eigenvalue weighted by Crippen LogP contribution is 2.36. The van der Waals surface area contributed by atoms with E-state index in [1.165, 1.54) is 96.3 Å². The molecule has 0 spiro atoms. The number of carbonyl (C=O) groups excluding carboxylic acids is 2. The minimum Gasteiger partial charge on any atom is -0.462 e. The summed E-state index contributed by atoms with van der Waals surface area (Å²) in [5.74, 6) is -0.890. The van der Waals surface area contributed by atoms with Gasteiger partial charge in [-0.1, -0.05) is 149 Å². The average molecular weight is 607 g/mol. The Labute approximate surface area is 251 Å². The molecule has 1 atom stereocenters. The molecule has 8 nitrogen and oxygen atoms in total. The first kappa shape index (κ1) is 40.1. The van der Waals surface area contributed by atoms with Gasteiger partial charge in [-0.3, -0.25) is 14.1 Å². The van der Waals surface area contributed by atoms with E-state index >= 15 is 0 Å². The molecule has 0 aromatic carbocycles. The summed E-state index contributed by atoms with van der Waals surface area (Å²) in [6.45, 7) is 3.58. The van der Waals surface area contributed by atoms with Crippen molar-refractivity contribution in [2.45, 2.75) is 180 Å². The fraction of sp³-hybridized carbons (Fsp3) is 0.938. The largest absolute Gasteiger partial charge is 0.469 e. The maximum absolute atomic E-state index is 12.3. The third-order valence-corrected chi connectivity index (χ3v) is 7.86. The predicted octanol–water partition coefficient (Wildman–Crippen LogP) is 9.34. The fourth-order valence-corrected chi connectivity index (χ4v) is 5.20. The number of phosphoric ester groups is 1. The van der Waals surface area contributed by atoms with Gasteiger partial charge in [0.15, 0.2) is 6.10 Å². The molecule has 0 aromatic rings. The van der Waals surface area contributed by atoms with Gasteiger partial charge < -0.3 is 19.3 Å². The van der Waals surface area contributed by atoms with Gasteiger partial charge in [0.05, 0.1) is 6.61 Å². The topological polar surface area (TPSA) is 119 Å². The van der Waals surface area contributed by atoms with Crippen LogP contribution in [0.3, 0.4) is 0 Å². The molecule has 0 unspecified atom stereocenters. The van der Waals surface area contributed by atoms with Gasteiger partial charge in [0.25, 0.3) is 0 Å². The molecule has 2 N–H and O–H groups in total. The first-order valence-electron chi connectivity index (χ1n) is 16.8. The summed E-state index contributed by atoms with van der Waals surface area (Å²) in [5.41, 5.74) is 0. The lowest BCUT2D eigenvalue weighted by molar-refractivity contribution is -0.161. The van der Waals surface area contributed by atoms with Gasteiger partial charge in [-0.05, 0) is 12.8 Å². The van der Waals surface area contributed by atoms with Crippen LogP contribution < -0.4 is 0 Å². The summed E-state index contributed by atoms with van der Waals surface area (Å²) < 4.78 is 26.0. The summed E-state index contributed by atoms with van der Waals surface area (Å²) in [6, 6.07) is 0. The van der Waals surface area contributed by atoms with E-state index in [9.17, 15) is 14.2 Å². The quantitative estimate of drug-likeness (QED) is 0.0455. The Bertz CT molecular complexity index is 652. The second-order valence-electron chi connectivity index (χ2n) is 11.5. The predicted molar refractivity (Wildman–Crippen MR) is 166 cm³/mol. The Kier molecular flexibility index (Phi) is 28.5. The maximum atomic E-state index is 12.3. The van der Waals surface area contributed by atoms with Gasteiger partial charge in [0, 0.05) is 12.8 Å². The molecule has 0 aromatic heterocycles. The van der Waals surface area contributed by atoms with E-state index in [0.717, 1.165) is 44.9 Å². The van der Waals surface area contributed by atoms with Crippen molar-refractivity contribution in [3.8, 4) is 0 Å². The van der Waals surface area contributed by atoms with Gasteiger partial charge in [-0.15, -0.1) is 0 Å². The van der Waals surface area contributed by atoms with Crippen molar-refractivity contribution >= 4 is 19.8 Å². The van der Waals surface area contributed by atoms with E-state index in [-0.39, 0.29) is 19.4 Å². The van der Waals surface area contributed by atoms with Crippen molar-refractivity contribution in [3.63, 3.8) is 0 Å². The van der Waals surface area contributed by atoms with Crippen molar-refractivity contribution in [2.24, 2.45) is 0 Å². The lowest BCUT2D eigenvalue weighted by Crippen LogP contribution is -2.29. The Hall–Kier alpha value is -0.950. The molecule has 0 bridgehead atoms. The molecule has 0 radical (unpaired) electrons. The molecule has 41 heavy (non-hydrogen) atoms. The van der Waals surface area contributed by atoms with E-state index in [1.807, 2.05) is 0 Å². The molecule has 0 aliphatic heterocycles. The molecule has 0 saturated heterocycles. The molecule has 244 valence electrons. The third-order valence-electron chi connectivity index (χ3n) is 7.38. The lowest BCUT2D eigenvalue weighted by Gasteiger charge is -2.18. The standard InChI is InChI=1S/C32H63O8P/c1-3-5-7-9-10-11-12-13-14-15-16-17-18-19-20-21-23-25-27-32(34)40-30(29-39-41(35,36)37)28-38-31(33)26-24-22-8-6-4-2/h30H,3-29H2,1-2H3,(H2,35,36,37)/t30-/m1/s1. The van der Waals surface area contributed by atoms with Crippen LogP contribution in [0.1, 0.15) is 174 Å². The highest BCUT2D eigenvalue weighted by atomic mass is 31.2. The summed E-state index contributed by atoms with van der Waals surface area (Å²) in [7, 11) is -4.73. The zero-order chi connectivity index (χ0) is 30.4. The van der Waals surface area contributed by atoms with Crippen LogP contribution in [-0.2, 0) is 28.2 Å². The molecular formula is C32H63O8P. The van der Waals surface area contributed by atoms with Crippen molar-refractivity contribution in [1.82, 2.24) is 0 Å². The minimum atomic E-state index is -4.73. The van der Waals surface area contributed by atoms with E-state index in [4.69, 9.17) is 19.3 Å². The number of hydrogen-bond donors (Lipinski definition) is 2. The van der Waals surface area contributed by atoms with Gasteiger partial charge in [-0.2, -0.15) is 0 Å². The number of carbonyl (C=O) groups is 2. The van der Waals surface area contributed by atoms with Crippen molar-refractivity contribution in [1.29, 1.82) is 0 Å². The zero-order valence-corrected chi connectivity index (χ0v) is 27.4. The number of phosphoric acid groups is 1. The van der Waals surface area contributed by atoms with Crippen LogP contribution in [0.2, 0.25) is 0 Å². The Morgan fingerprint density at radius 3 is 1.24 bits per heavy atom. The number of rotatable bonds is 31. The van der Waals surface area contributed by atoms with E-state index in [0.29, 0.717) is 6.42 Å². The fourth-order valence-electron chi connectivity index (χ4n) is 4.84. The molecular weight excluding hydrogens is 543 g/mol. The van der Waals surface area contributed by atoms with Crippen LogP contribution >= 0.6 is 7.82 Å². The number of ether oxygens (including phenoxy) is 2. The molecule has 0 heterocycles. The van der Waals surface area contributed by atoms with Crippen molar-refractivity contribution in [3.05, 3.63) is 0 Å². The smallest absolute Gasteiger partial charge is 0.462 e. The van der Waals surface area contributed by atoms with Gasteiger partial charge in [0.2, 0.25) is 0 Å². The number of hydrogen-bond acceptors (Lipinski definition) is 6. The second-order valence-corrected chi connectivity index (χ2v) is 12.7. The number of esters is 2. The summed E-state index contributed by atoms with van der Waals surface area (Å²) in [6.07, 6.45) is 27.3. The van der Waals surface area contributed by atoms with Crippen LogP contribution in [0.15, 0.2) is 0 Å². The Morgan fingerprint density at radius 2 is 0.878 bits per heavy atom. The zero-order valence-electron chi connectivity index (χ0n) is 26.5. The molecule has 9 heteroatoms. The van der Waals surface area contributed by atoms with Crippen molar-refractivity contribution < 1.29 is 37.9 Å². The maximum Gasteiger partial charge on any atom is 0.469 e. The first-order valence-corrected chi connectivity index (χ1v) is 18.4. The van der Waals surface area contributed by atoms with Gasteiger partial charge >= 0.3 is 19.8 Å². The lowest BCUT2D eigenvalue weighted by atomic mass is 10.0. The average Bonchev–Trinajstić information content (AvgIpc) is 2.93. The van der Waals surface area contributed by atoms with Crippen LogP contribution in [0.25, 0.3) is 0 Å². The molecule has 0 amide bonds. The molecule has 0 saturated carbocycles. The molecule has 0 rings (SSSR count). The Balaban J connectivity index is 3.82. The summed E-state index contributed by atoms with van der Waals surface area (Å²) in [5, 5.41) is 0. The van der Waals surface area contributed by atoms with Gasteiger partial charge in [0.1, 0.15) is 6.61 Å². The van der Waals surface area contributed by atoms with E-state index < -0.39 is 32.5 Å². The first-order chi connectivity index (χ1) is 19.8. The Morgan fingerprint density at radius 1 is 0.537 bits per heavy atom. The SMILES string of the molecule is CCCCCCCCCCCCCCCCCCCCC(=O)O[C@H](COC(=O)CCCCCCC)COP(=O)(O)O. The van der Waals surface area contributed by atoms with Crippen LogP contribution in [0, 0.1) is 0 Å². The van der Waals surface area contributed by atoms with Gasteiger partial charge in [-0.25, -0.2) is 4.57 Å². The molecule has 0 aliphatic rings. The van der Waals surface area contributed by atoms with Crippen LogP contribution in [0.5, 0.6) is 0 Å². The van der Waals surface area contributed by atoms with Crippen LogP contribution in [-0.4, -0.2) is 41.0 Å². The molecule has 0 aliphatic carbocycles. The summed E-state index contributed by atoms with van der Waals surface area (Å²) >= 11 is 0. The summed E-state index contributed by atoms with van der Waals surface area (Å²) in [4.78, 5) is 42.2. The van der Waals surface area contributed by atoms with E-state index in [1.54, 1.807) is 0 Å². The monoisotopic (exact) mass is 606 g/mol. The number of unbranched alkanes of at least 4 members (excludes halogenated alkanes) is 21. The highest BCUT2D eigenvalue weighted by molar-refractivity contribution is 7.46. The van der Waals surface area contributed by atoms with E-state index in [2.05, 4.69) is 18.4 Å². The highest BCUT2D eigenvalue weighted by Gasteiger charge is 2.22. The second kappa shape index (κ2) is 29.1. The normalized spacial score (nSPS) is 12.4. The minimum absolute atomic E-state index is 0.219. The van der Waals surface area contributed by atoms with Crippen molar-refractivity contribution in [2.75, 3.05) is 13.2 Å². The third kappa shape index (κ3) is 31.8. The molecule has 0 fully saturated rings. The van der Waals surface area contributed by atoms with Crippen LogP contribution in [0.4, 0.5) is 0 Å².